The lowest BCUT2D eigenvalue weighted by molar-refractivity contribution is -0.138. The first-order valence-electron chi connectivity index (χ1n) is 12.8. The van der Waals surface area contributed by atoms with Crippen LogP contribution in [0.1, 0.15) is 79.1 Å². The number of nitrogens with zero attached hydrogens (tertiary/aromatic N) is 2. The number of aliphatic carboxylic acids is 1. The summed E-state index contributed by atoms with van der Waals surface area (Å²) < 4.78 is 0. The van der Waals surface area contributed by atoms with Crippen LogP contribution >= 0.6 is 11.3 Å². The van der Waals surface area contributed by atoms with Crippen molar-refractivity contribution in [1.29, 1.82) is 0 Å². The highest BCUT2D eigenvalue weighted by Gasteiger charge is 2.39. The number of nitrogens with one attached hydrogen (secondary N) is 2. The fourth-order valence-electron chi connectivity index (χ4n) is 5.84. The second-order valence-electron chi connectivity index (χ2n) is 10.3. The van der Waals surface area contributed by atoms with Crippen molar-refractivity contribution in [3.8, 4) is 0 Å². The van der Waals surface area contributed by atoms with E-state index in [9.17, 15) is 9.59 Å². The van der Waals surface area contributed by atoms with Gasteiger partial charge in [0.1, 0.15) is 0 Å². The zero-order chi connectivity index (χ0) is 25.0. The number of hydrogen-bond donors (Lipinski definition) is 3. The lowest BCUT2D eigenvalue weighted by Gasteiger charge is -2.45. The first-order valence-corrected chi connectivity index (χ1v) is 13.6. The molecule has 5 rings (SSSR count). The summed E-state index contributed by atoms with van der Waals surface area (Å²) in [7, 11) is 0. The maximum Gasteiger partial charge on any atom is 0.303 e. The number of amides is 1. The maximum atomic E-state index is 12.7. The van der Waals surface area contributed by atoms with Gasteiger partial charge in [-0.2, -0.15) is 0 Å². The van der Waals surface area contributed by atoms with Crippen LogP contribution in [0, 0.1) is 11.3 Å². The van der Waals surface area contributed by atoms with E-state index in [0.717, 1.165) is 24.2 Å². The fourth-order valence-corrected chi connectivity index (χ4v) is 6.50. The van der Waals surface area contributed by atoms with Gasteiger partial charge in [-0.05, 0) is 98.4 Å². The van der Waals surface area contributed by atoms with Crippen molar-refractivity contribution in [3.63, 3.8) is 0 Å². The second kappa shape index (κ2) is 10.8. The van der Waals surface area contributed by atoms with Crippen LogP contribution < -0.4 is 10.6 Å². The van der Waals surface area contributed by atoms with Crippen LogP contribution in [-0.2, 0) is 4.79 Å². The van der Waals surface area contributed by atoms with Crippen molar-refractivity contribution in [2.24, 2.45) is 11.3 Å². The molecule has 0 atom stereocenters. The Hall–Kier alpha value is -3.26. The van der Waals surface area contributed by atoms with Crippen LogP contribution in [0.25, 0.3) is 0 Å². The number of rotatable bonds is 7. The Labute approximate surface area is 215 Å². The summed E-state index contributed by atoms with van der Waals surface area (Å²) in [5.41, 5.74) is 3.40. The molecule has 2 aromatic carbocycles. The van der Waals surface area contributed by atoms with E-state index < -0.39 is 5.97 Å². The van der Waals surface area contributed by atoms with E-state index in [2.05, 4.69) is 33.0 Å². The Morgan fingerprint density at radius 3 is 2.22 bits per heavy atom. The molecule has 2 saturated carbocycles. The lowest BCUT2D eigenvalue weighted by Crippen LogP contribution is -2.32. The average molecular weight is 505 g/mol. The third kappa shape index (κ3) is 5.93. The summed E-state index contributed by atoms with van der Waals surface area (Å²) in [5, 5.41) is 24.1. The Kier molecular flexibility index (Phi) is 7.32. The van der Waals surface area contributed by atoms with Gasteiger partial charge in [0, 0.05) is 17.8 Å². The van der Waals surface area contributed by atoms with Gasteiger partial charge in [-0.15, -0.1) is 10.2 Å². The minimum atomic E-state index is -0.660. The lowest BCUT2D eigenvalue weighted by atomic mass is 9.60. The minimum Gasteiger partial charge on any atom is -0.481 e. The maximum absolute atomic E-state index is 12.7. The summed E-state index contributed by atoms with van der Waals surface area (Å²) in [4.78, 5) is 23.7. The third-order valence-electron chi connectivity index (χ3n) is 7.96. The number of para-hydroxylation sites is 1. The number of anilines is 3. The molecule has 0 bridgehead atoms. The fraction of sp³-hybridized carbons (Fsp3) is 0.429. The SMILES string of the molecule is O=C(O)CC1CCC2(CC1)CCC(c1ccc(NC(=O)c3nnc(Nc4ccccc4)s3)cc1)CC2. The van der Waals surface area contributed by atoms with Crippen LogP contribution in [-0.4, -0.2) is 27.2 Å². The van der Waals surface area contributed by atoms with E-state index in [4.69, 9.17) is 5.11 Å². The number of aromatic nitrogens is 2. The van der Waals surface area contributed by atoms with Gasteiger partial charge in [-0.1, -0.05) is 41.7 Å². The summed E-state index contributed by atoms with van der Waals surface area (Å²) in [5.74, 6) is -0.0146. The van der Waals surface area contributed by atoms with Crippen LogP contribution in [0.2, 0.25) is 0 Å². The molecule has 0 saturated heterocycles. The Morgan fingerprint density at radius 2 is 1.56 bits per heavy atom. The zero-order valence-electron chi connectivity index (χ0n) is 20.3. The predicted molar refractivity (Wildman–Crippen MR) is 142 cm³/mol. The number of carbonyl (C=O) groups is 2. The quantitative estimate of drug-likeness (QED) is 0.325. The molecule has 7 nitrogen and oxygen atoms in total. The second-order valence-corrected chi connectivity index (χ2v) is 11.3. The van der Waals surface area contributed by atoms with Crippen molar-refractivity contribution in [2.75, 3.05) is 10.6 Å². The van der Waals surface area contributed by atoms with Crippen LogP contribution in [0.5, 0.6) is 0 Å². The molecule has 2 aliphatic rings. The molecule has 188 valence electrons. The van der Waals surface area contributed by atoms with E-state index in [1.54, 1.807) is 0 Å². The monoisotopic (exact) mass is 504 g/mol. The van der Waals surface area contributed by atoms with Gasteiger partial charge in [0.05, 0.1) is 0 Å². The van der Waals surface area contributed by atoms with E-state index in [0.29, 0.717) is 33.8 Å². The number of carboxylic acids is 1. The number of carbonyl (C=O) groups excluding carboxylic acids is 1. The van der Waals surface area contributed by atoms with Gasteiger partial charge >= 0.3 is 5.97 Å². The van der Waals surface area contributed by atoms with Gasteiger partial charge in [-0.3, -0.25) is 9.59 Å². The first kappa shape index (κ1) is 24.4. The largest absolute Gasteiger partial charge is 0.481 e. The molecule has 1 aromatic heterocycles. The van der Waals surface area contributed by atoms with Gasteiger partial charge in [-0.25, -0.2) is 0 Å². The number of carboxylic acid groups (broad SMARTS) is 1. The Bertz CT molecular complexity index is 1180. The highest BCUT2D eigenvalue weighted by atomic mass is 32.1. The predicted octanol–water partition coefficient (Wildman–Crippen LogP) is 6.84. The molecule has 1 amide bonds. The Morgan fingerprint density at radius 1 is 0.889 bits per heavy atom. The summed E-state index contributed by atoms with van der Waals surface area (Å²) in [6, 6.07) is 17.9. The van der Waals surface area contributed by atoms with Crippen LogP contribution in [0.4, 0.5) is 16.5 Å². The van der Waals surface area contributed by atoms with Crippen LogP contribution in [0.15, 0.2) is 54.6 Å². The molecule has 0 unspecified atom stereocenters. The van der Waals surface area contributed by atoms with E-state index in [-0.39, 0.29) is 5.91 Å². The van der Waals surface area contributed by atoms with E-state index >= 15 is 0 Å². The molecular formula is C28H32N4O3S. The molecular weight excluding hydrogens is 472 g/mol. The first-order chi connectivity index (χ1) is 17.5. The van der Waals surface area contributed by atoms with Crippen molar-refractivity contribution in [3.05, 3.63) is 65.2 Å². The number of benzene rings is 2. The van der Waals surface area contributed by atoms with Gasteiger partial charge in [0.25, 0.3) is 5.91 Å². The van der Waals surface area contributed by atoms with E-state index in [1.807, 2.05) is 42.5 Å². The van der Waals surface area contributed by atoms with Crippen molar-refractivity contribution < 1.29 is 14.7 Å². The van der Waals surface area contributed by atoms with Crippen molar-refractivity contribution in [1.82, 2.24) is 10.2 Å². The highest BCUT2D eigenvalue weighted by molar-refractivity contribution is 7.17. The molecule has 0 aliphatic heterocycles. The van der Waals surface area contributed by atoms with Gasteiger partial charge in [0.15, 0.2) is 0 Å². The average Bonchev–Trinajstić information content (AvgIpc) is 3.36. The van der Waals surface area contributed by atoms with Crippen molar-refractivity contribution >= 4 is 39.7 Å². The molecule has 0 radical (unpaired) electrons. The standard InChI is InChI=1S/C28H32N4O3S/c33-24(34)18-19-10-14-28(15-11-19)16-12-21(13-17-28)20-6-8-23(9-7-20)29-25(35)26-31-32-27(36-26)30-22-4-2-1-3-5-22/h1-9,19,21H,10-18H2,(H,29,35)(H,30,32)(H,33,34). The Balaban J connectivity index is 1.11. The molecule has 3 aromatic rings. The summed E-state index contributed by atoms with van der Waals surface area (Å²) >= 11 is 1.22. The molecule has 1 heterocycles. The summed E-state index contributed by atoms with van der Waals surface area (Å²) in [6.07, 6.45) is 9.61. The topological polar surface area (TPSA) is 104 Å². The molecule has 2 aliphatic carbocycles. The normalized spacial score (nSPS) is 23.8. The highest BCUT2D eigenvalue weighted by Crippen LogP contribution is 2.52. The van der Waals surface area contributed by atoms with E-state index in [1.165, 1.54) is 55.4 Å². The molecule has 8 heteroatoms. The zero-order valence-corrected chi connectivity index (χ0v) is 21.1. The van der Waals surface area contributed by atoms with Crippen molar-refractivity contribution in [2.45, 2.75) is 63.7 Å². The third-order valence-corrected chi connectivity index (χ3v) is 8.80. The molecule has 36 heavy (non-hydrogen) atoms. The minimum absolute atomic E-state index is 0.264. The molecule has 1 spiro atoms. The number of hydrogen-bond acceptors (Lipinski definition) is 6. The van der Waals surface area contributed by atoms with Crippen LogP contribution in [0.3, 0.4) is 0 Å². The molecule has 3 N–H and O–H groups in total. The molecule has 2 fully saturated rings. The van der Waals surface area contributed by atoms with Gasteiger partial charge in [0.2, 0.25) is 10.1 Å². The smallest absolute Gasteiger partial charge is 0.303 e. The van der Waals surface area contributed by atoms with Gasteiger partial charge < -0.3 is 15.7 Å². The summed E-state index contributed by atoms with van der Waals surface area (Å²) in [6.45, 7) is 0.